The summed E-state index contributed by atoms with van der Waals surface area (Å²) in [4.78, 5) is 12.1. The van der Waals surface area contributed by atoms with Crippen LogP contribution in [0.15, 0.2) is 0 Å². The Morgan fingerprint density at radius 2 is 1.83 bits per heavy atom. The van der Waals surface area contributed by atoms with Crippen molar-refractivity contribution in [3.05, 3.63) is 0 Å². The molecule has 0 aromatic heterocycles. The first-order valence-corrected chi connectivity index (χ1v) is 6.73. The molecule has 0 heterocycles. The average Bonchev–Trinajstić information content (AvgIpc) is 2.21. The van der Waals surface area contributed by atoms with Gasteiger partial charge in [-0.3, -0.25) is 4.79 Å². The Kier molecular flexibility index (Phi) is 6.86. The number of rotatable bonds is 7. The Hall–Kier alpha value is -0.610. The van der Waals surface area contributed by atoms with Crippen LogP contribution in [0.4, 0.5) is 0 Å². The number of hydrogen-bond acceptors (Lipinski definition) is 3. The van der Waals surface area contributed by atoms with Gasteiger partial charge >= 0.3 is 0 Å². The van der Waals surface area contributed by atoms with E-state index in [1.807, 2.05) is 20.8 Å². The molecule has 108 valence electrons. The highest BCUT2D eigenvalue weighted by molar-refractivity contribution is 5.79. The van der Waals surface area contributed by atoms with Crippen molar-refractivity contribution in [1.29, 1.82) is 0 Å². The molecule has 0 aromatic carbocycles. The highest BCUT2D eigenvalue weighted by atomic mass is 16.5. The molecule has 3 N–H and O–H groups in total. The summed E-state index contributed by atoms with van der Waals surface area (Å²) in [7, 11) is 0. The SMILES string of the molecule is CCOC(C)(C)CNC(=O)C(CN)CC(C)(C)C. The predicted molar refractivity (Wildman–Crippen MR) is 75.3 cm³/mol. The third kappa shape index (κ3) is 7.67. The van der Waals surface area contributed by atoms with E-state index in [-0.39, 0.29) is 22.8 Å². The minimum Gasteiger partial charge on any atom is -0.374 e. The second kappa shape index (κ2) is 7.10. The normalized spacial score (nSPS) is 14.4. The van der Waals surface area contributed by atoms with Crippen LogP contribution < -0.4 is 11.1 Å². The number of nitrogens with one attached hydrogen (secondary N) is 1. The van der Waals surface area contributed by atoms with Crippen LogP contribution in [0.2, 0.25) is 0 Å². The second-order valence-electron chi connectivity index (χ2n) is 6.61. The highest BCUT2D eigenvalue weighted by Crippen LogP contribution is 2.24. The molecular weight excluding hydrogens is 228 g/mol. The van der Waals surface area contributed by atoms with Gasteiger partial charge in [-0.1, -0.05) is 20.8 Å². The lowest BCUT2D eigenvalue weighted by Gasteiger charge is -2.28. The fourth-order valence-electron chi connectivity index (χ4n) is 1.91. The summed E-state index contributed by atoms with van der Waals surface area (Å²) < 4.78 is 5.55. The van der Waals surface area contributed by atoms with E-state index in [4.69, 9.17) is 10.5 Å². The van der Waals surface area contributed by atoms with Gasteiger partial charge in [0, 0.05) is 19.7 Å². The Balaban J connectivity index is 4.29. The van der Waals surface area contributed by atoms with E-state index in [1.54, 1.807) is 0 Å². The van der Waals surface area contributed by atoms with Gasteiger partial charge in [-0.2, -0.15) is 0 Å². The Morgan fingerprint density at radius 3 is 2.22 bits per heavy atom. The van der Waals surface area contributed by atoms with Gasteiger partial charge in [0.25, 0.3) is 0 Å². The molecule has 1 unspecified atom stereocenters. The van der Waals surface area contributed by atoms with Crippen molar-refractivity contribution in [2.45, 2.75) is 53.6 Å². The summed E-state index contributed by atoms with van der Waals surface area (Å²) in [5.41, 5.74) is 5.47. The summed E-state index contributed by atoms with van der Waals surface area (Å²) in [6.45, 7) is 13.8. The Bertz CT molecular complexity index is 257. The molecule has 0 spiro atoms. The largest absolute Gasteiger partial charge is 0.374 e. The zero-order valence-electron chi connectivity index (χ0n) is 12.8. The number of hydrogen-bond donors (Lipinski definition) is 2. The number of ether oxygens (including phenoxy) is 1. The lowest BCUT2D eigenvalue weighted by atomic mass is 9.84. The molecule has 0 saturated heterocycles. The molecule has 1 atom stereocenters. The topological polar surface area (TPSA) is 64.3 Å². The van der Waals surface area contributed by atoms with Crippen LogP contribution in [-0.2, 0) is 9.53 Å². The van der Waals surface area contributed by atoms with Crippen molar-refractivity contribution in [3.8, 4) is 0 Å². The molecule has 4 nitrogen and oxygen atoms in total. The van der Waals surface area contributed by atoms with Crippen LogP contribution in [0.5, 0.6) is 0 Å². The van der Waals surface area contributed by atoms with Gasteiger partial charge in [-0.15, -0.1) is 0 Å². The Labute approximate surface area is 112 Å². The van der Waals surface area contributed by atoms with Gasteiger partial charge in [0.2, 0.25) is 5.91 Å². The number of carbonyl (C=O) groups excluding carboxylic acids is 1. The molecule has 0 rings (SSSR count). The zero-order valence-corrected chi connectivity index (χ0v) is 12.8. The molecule has 0 aliphatic rings. The molecule has 4 heteroatoms. The first-order chi connectivity index (χ1) is 8.11. The van der Waals surface area contributed by atoms with Crippen molar-refractivity contribution in [1.82, 2.24) is 5.32 Å². The number of nitrogens with two attached hydrogens (primary N) is 1. The van der Waals surface area contributed by atoms with Crippen LogP contribution >= 0.6 is 0 Å². The van der Waals surface area contributed by atoms with Gasteiger partial charge in [0.05, 0.1) is 11.5 Å². The van der Waals surface area contributed by atoms with E-state index >= 15 is 0 Å². The van der Waals surface area contributed by atoms with Crippen LogP contribution in [-0.4, -0.2) is 31.2 Å². The van der Waals surface area contributed by atoms with Crippen LogP contribution in [0.25, 0.3) is 0 Å². The fraction of sp³-hybridized carbons (Fsp3) is 0.929. The monoisotopic (exact) mass is 258 g/mol. The van der Waals surface area contributed by atoms with Crippen molar-refractivity contribution in [3.63, 3.8) is 0 Å². The molecular formula is C14H30N2O2. The third-order valence-corrected chi connectivity index (χ3v) is 2.74. The highest BCUT2D eigenvalue weighted by Gasteiger charge is 2.25. The molecule has 0 aromatic rings. The maximum atomic E-state index is 12.1. The minimum atomic E-state index is -0.328. The van der Waals surface area contributed by atoms with Gasteiger partial charge in [-0.25, -0.2) is 0 Å². The summed E-state index contributed by atoms with van der Waals surface area (Å²) in [6.07, 6.45) is 0.796. The summed E-state index contributed by atoms with van der Waals surface area (Å²) in [5.74, 6) is -0.0948. The lowest BCUT2D eigenvalue weighted by Crippen LogP contribution is -2.44. The number of carbonyl (C=O) groups is 1. The lowest BCUT2D eigenvalue weighted by molar-refractivity contribution is -0.127. The molecule has 0 saturated carbocycles. The zero-order chi connectivity index (χ0) is 14.4. The molecule has 1 amide bonds. The molecule has 0 aliphatic heterocycles. The van der Waals surface area contributed by atoms with E-state index in [9.17, 15) is 4.79 Å². The van der Waals surface area contributed by atoms with Crippen LogP contribution in [0.1, 0.15) is 48.0 Å². The van der Waals surface area contributed by atoms with Crippen molar-refractivity contribution >= 4 is 5.91 Å². The maximum absolute atomic E-state index is 12.1. The van der Waals surface area contributed by atoms with Crippen molar-refractivity contribution < 1.29 is 9.53 Å². The van der Waals surface area contributed by atoms with Gasteiger partial charge in [-0.05, 0) is 32.6 Å². The van der Waals surface area contributed by atoms with Crippen LogP contribution in [0.3, 0.4) is 0 Å². The first-order valence-electron chi connectivity index (χ1n) is 6.73. The minimum absolute atomic E-state index is 0.0280. The van der Waals surface area contributed by atoms with E-state index in [2.05, 4.69) is 26.1 Å². The van der Waals surface area contributed by atoms with E-state index in [1.165, 1.54) is 0 Å². The van der Waals surface area contributed by atoms with E-state index in [0.29, 0.717) is 19.7 Å². The van der Waals surface area contributed by atoms with Gasteiger partial charge < -0.3 is 15.8 Å². The average molecular weight is 258 g/mol. The predicted octanol–water partition coefficient (Wildman–Crippen LogP) is 1.93. The summed E-state index contributed by atoms with van der Waals surface area (Å²) >= 11 is 0. The standard InChI is InChI=1S/C14H30N2O2/c1-7-18-14(5,6)10-16-12(17)11(9-15)8-13(2,3)4/h11H,7-10,15H2,1-6H3,(H,16,17). The molecule has 0 fully saturated rings. The number of amides is 1. The third-order valence-electron chi connectivity index (χ3n) is 2.74. The molecule has 0 bridgehead atoms. The van der Waals surface area contributed by atoms with Gasteiger partial charge in [0.1, 0.15) is 0 Å². The van der Waals surface area contributed by atoms with Crippen molar-refractivity contribution in [2.24, 2.45) is 17.1 Å². The first kappa shape index (κ1) is 17.4. The second-order valence-corrected chi connectivity index (χ2v) is 6.61. The quantitative estimate of drug-likeness (QED) is 0.733. The summed E-state index contributed by atoms with van der Waals surface area (Å²) in [6, 6.07) is 0. The molecule has 0 radical (unpaired) electrons. The maximum Gasteiger partial charge on any atom is 0.224 e. The van der Waals surface area contributed by atoms with Crippen molar-refractivity contribution in [2.75, 3.05) is 19.7 Å². The fourth-order valence-corrected chi connectivity index (χ4v) is 1.91. The van der Waals surface area contributed by atoms with Crippen LogP contribution in [0, 0.1) is 11.3 Å². The molecule has 0 aliphatic carbocycles. The van der Waals surface area contributed by atoms with Gasteiger partial charge in [0.15, 0.2) is 0 Å². The van der Waals surface area contributed by atoms with E-state index < -0.39 is 0 Å². The van der Waals surface area contributed by atoms with E-state index in [0.717, 1.165) is 6.42 Å². The summed E-state index contributed by atoms with van der Waals surface area (Å²) in [5, 5.41) is 2.94. The Morgan fingerprint density at radius 1 is 1.28 bits per heavy atom. The smallest absolute Gasteiger partial charge is 0.224 e. The molecule has 18 heavy (non-hydrogen) atoms.